The fraction of sp³-hybridized carbons (Fsp3) is 0.538. The Hall–Kier alpha value is -6.38. The molecular weight excluding hydrogens is 1230 g/mol. The molecule has 4 aliphatic heterocycles. The zero-order valence-electron chi connectivity index (χ0n) is 50.7. The third-order valence-electron chi connectivity index (χ3n) is 18.3. The lowest BCUT2D eigenvalue weighted by molar-refractivity contribution is -0.131. The fourth-order valence-electron chi connectivity index (χ4n) is 13.5. The van der Waals surface area contributed by atoms with E-state index in [2.05, 4.69) is 46.7 Å². The minimum atomic E-state index is -3.90. The number of ketones is 1. The molecule has 4 heterocycles. The highest BCUT2D eigenvalue weighted by molar-refractivity contribution is 7.91. The number of amides is 4. The van der Waals surface area contributed by atoms with E-state index in [9.17, 15) is 41.3 Å². The quantitative estimate of drug-likeness (QED) is 0.0290. The fourth-order valence-corrected chi connectivity index (χ4v) is 16.9. The second-order valence-electron chi connectivity index (χ2n) is 24.4. The molecule has 6 aliphatic rings. The van der Waals surface area contributed by atoms with Crippen LogP contribution in [0.5, 0.6) is 11.5 Å². The van der Waals surface area contributed by atoms with E-state index in [1.165, 1.54) is 12.1 Å². The maximum atomic E-state index is 13.6. The number of nitrogens with zero attached hydrogens (tertiary/aromatic N) is 6. The third-order valence-corrected chi connectivity index (χ3v) is 22.1. The summed E-state index contributed by atoms with van der Waals surface area (Å²) in [5.41, 5.74) is 4.68. The van der Waals surface area contributed by atoms with E-state index in [0.29, 0.717) is 136 Å². The molecule has 4 aromatic rings. The summed E-state index contributed by atoms with van der Waals surface area (Å²) >= 11 is 12.9. The number of carbonyl (C=O) groups excluding carboxylic acids is 4. The molecule has 4 fully saturated rings. The summed E-state index contributed by atoms with van der Waals surface area (Å²) in [5, 5.41) is 23.2. The zero-order valence-corrected chi connectivity index (χ0v) is 53.9. The number of unbranched alkanes of at least 4 members (excludes halogenated alkanes) is 3. The number of Topliss-reactive ketones (excluding diaryl/α,β-unsaturated/α-hetero) is 1. The molecular formula is C65H81Cl2N11O10S2. The average Bonchev–Trinajstić information content (AvgIpc) is 1.66. The first-order valence-electron chi connectivity index (χ1n) is 31.6. The van der Waals surface area contributed by atoms with Gasteiger partial charge in [-0.3, -0.25) is 24.2 Å². The standard InChI is InChI=1S/C65H81Cl2N11O10S2/c1-69-58-37-47(67)36-57-55(58)39-60(76-32-26-71-27-33-76)64(57)88-51-14-18-53(19-15-51)90(85,86)74-48-21-29-78(42-48)61(80)10-5-4-9-49(79)8-3-2-6-22-72-65(82)73-23-7-11-62(81)77-28-20-44(41-77)43-89(83,84)52-16-12-50(13-17-52)87-63-56-35-46(66)34-45(40-68)54(56)38-59(63)75-30-24-70-25-31-75/h12-19,34-37,44,48,59-60,63-64,70-71,74H,2-11,20-33,38-39,41-43H2,(H2,72,73,82)/t44-,48-,59-,60-,63-,64-/m0/s1. The van der Waals surface area contributed by atoms with E-state index in [1.54, 1.807) is 58.3 Å². The van der Waals surface area contributed by atoms with Crippen molar-refractivity contribution in [2.45, 2.75) is 130 Å². The number of sulfonamides is 1. The van der Waals surface area contributed by atoms with E-state index >= 15 is 0 Å². The number of hydrogen-bond donors (Lipinski definition) is 5. The molecule has 0 saturated carbocycles. The molecule has 4 saturated heterocycles. The smallest absolute Gasteiger partial charge is 0.314 e. The summed E-state index contributed by atoms with van der Waals surface area (Å²) in [6.07, 6.45) is 6.57. The van der Waals surface area contributed by atoms with Crippen molar-refractivity contribution in [3.63, 3.8) is 0 Å². The Morgan fingerprint density at radius 2 is 1.16 bits per heavy atom. The van der Waals surface area contributed by atoms with Gasteiger partial charge in [0.15, 0.2) is 15.5 Å². The number of carbonyl (C=O) groups is 4. The van der Waals surface area contributed by atoms with Gasteiger partial charge >= 0.3 is 6.03 Å². The molecule has 5 N–H and O–H groups in total. The maximum Gasteiger partial charge on any atom is 0.314 e. The number of benzene rings is 4. The summed E-state index contributed by atoms with van der Waals surface area (Å²) in [7, 11) is -7.57. The van der Waals surface area contributed by atoms with Crippen molar-refractivity contribution in [3.05, 3.63) is 122 Å². The Labute approximate surface area is 538 Å². The van der Waals surface area contributed by atoms with E-state index in [0.717, 1.165) is 81.0 Å². The Kier molecular flexibility index (Phi) is 22.8. The number of urea groups is 1. The molecule has 0 aromatic heterocycles. The third kappa shape index (κ3) is 17.0. The normalized spacial score (nSPS) is 21.9. The number of sulfone groups is 1. The van der Waals surface area contributed by atoms with Crippen LogP contribution >= 0.6 is 23.2 Å². The Morgan fingerprint density at radius 1 is 0.633 bits per heavy atom. The predicted octanol–water partition coefficient (Wildman–Crippen LogP) is 7.29. The van der Waals surface area contributed by atoms with Crippen LogP contribution in [-0.2, 0) is 47.1 Å². The molecule has 482 valence electrons. The minimum Gasteiger partial charge on any atom is -0.484 e. The van der Waals surface area contributed by atoms with Gasteiger partial charge in [-0.25, -0.2) is 31.2 Å². The highest BCUT2D eigenvalue weighted by atomic mass is 35.5. The average molecular weight is 1310 g/mol. The van der Waals surface area contributed by atoms with Gasteiger partial charge in [-0.05, 0) is 159 Å². The molecule has 4 amide bonds. The Morgan fingerprint density at radius 3 is 1.77 bits per heavy atom. The predicted molar refractivity (Wildman–Crippen MR) is 342 cm³/mol. The summed E-state index contributed by atoms with van der Waals surface area (Å²) < 4.78 is 70.2. The van der Waals surface area contributed by atoms with Crippen LogP contribution in [0.2, 0.25) is 10.0 Å². The molecule has 0 bridgehead atoms. The van der Waals surface area contributed by atoms with Gasteiger partial charge in [-0.15, -0.1) is 0 Å². The van der Waals surface area contributed by atoms with Crippen molar-refractivity contribution in [2.75, 3.05) is 97.4 Å². The molecule has 10 rings (SSSR count). The number of likely N-dealkylation sites (tertiary alicyclic amines) is 2. The van der Waals surface area contributed by atoms with Gasteiger partial charge in [-0.1, -0.05) is 29.6 Å². The Bertz CT molecular complexity index is 3310. The molecule has 0 spiro atoms. The molecule has 6 atom stereocenters. The second-order valence-corrected chi connectivity index (χ2v) is 29.1. The van der Waals surface area contributed by atoms with Gasteiger partial charge in [0.25, 0.3) is 0 Å². The largest absolute Gasteiger partial charge is 0.484 e. The van der Waals surface area contributed by atoms with Crippen LogP contribution in [-0.4, -0.2) is 176 Å². The molecule has 90 heavy (non-hydrogen) atoms. The lowest BCUT2D eigenvalue weighted by Crippen LogP contribution is -2.50. The van der Waals surface area contributed by atoms with Crippen molar-refractivity contribution < 1.29 is 45.5 Å². The van der Waals surface area contributed by atoms with Gasteiger partial charge in [0.2, 0.25) is 21.8 Å². The second kappa shape index (κ2) is 30.8. The zero-order chi connectivity index (χ0) is 63.4. The summed E-state index contributed by atoms with van der Waals surface area (Å²) in [5.74, 6) is 0.692. The summed E-state index contributed by atoms with van der Waals surface area (Å²) in [6.45, 7) is 16.8. The number of ether oxygens (including phenoxy) is 2. The molecule has 25 heteroatoms. The van der Waals surface area contributed by atoms with E-state index < -0.39 is 32.0 Å². The molecule has 0 unspecified atom stereocenters. The highest BCUT2D eigenvalue weighted by Crippen LogP contribution is 2.45. The number of hydrogen-bond acceptors (Lipinski definition) is 15. The minimum absolute atomic E-state index is 0.00824. The molecule has 0 radical (unpaired) electrons. The first-order valence-corrected chi connectivity index (χ1v) is 35.5. The van der Waals surface area contributed by atoms with Crippen LogP contribution in [0.1, 0.15) is 117 Å². The van der Waals surface area contributed by atoms with E-state index in [-0.39, 0.29) is 82.7 Å². The number of nitrogens with one attached hydrogen (secondary N) is 5. The van der Waals surface area contributed by atoms with Crippen LogP contribution in [0.3, 0.4) is 0 Å². The lowest BCUT2D eigenvalue weighted by Gasteiger charge is -2.36. The number of halogens is 2. The maximum absolute atomic E-state index is 13.6. The summed E-state index contributed by atoms with van der Waals surface area (Å²) in [6, 6.07) is 21.4. The van der Waals surface area contributed by atoms with Crippen LogP contribution in [0, 0.1) is 23.8 Å². The van der Waals surface area contributed by atoms with Crippen molar-refractivity contribution in [1.29, 1.82) is 5.26 Å². The first-order chi connectivity index (χ1) is 43.4. The number of fused-ring (bicyclic) bond motifs is 2. The van der Waals surface area contributed by atoms with Gasteiger partial charge in [0.1, 0.15) is 29.5 Å². The van der Waals surface area contributed by atoms with Crippen LogP contribution in [0.4, 0.5) is 10.5 Å². The SMILES string of the molecule is [C-]#[N+]c1cc(Cl)cc2c1C[C@H](N1CCNCC1)[C@H]2Oc1ccc(S(=O)(=O)N[C@H]2CCN(C(=O)CCCCC(=O)CCCCCNC(=O)NCCCC(=O)N3CC[C@H](CS(=O)(=O)c4ccc(O[C@H]5c6cc(Cl)cc(C#N)c6C[C@@H]5N5CCNCC5)cc4)C3)C2)cc1. The number of piperazine rings is 2. The van der Waals surface area contributed by atoms with Gasteiger partial charge in [0, 0.05) is 133 Å². The van der Waals surface area contributed by atoms with Gasteiger partial charge in [-0.2, -0.15) is 5.26 Å². The van der Waals surface area contributed by atoms with E-state index in [4.69, 9.17) is 39.2 Å². The van der Waals surface area contributed by atoms with Crippen molar-refractivity contribution in [3.8, 4) is 17.6 Å². The van der Waals surface area contributed by atoms with E-state index in [1.807, 2.05) is 12.1 Å². The number of rotatable bonds is 27. The highest BCUT2D eigenvalue weighted by Gasteiger charge is 2.42. The molecule has 21 nitrogen and oxygen atoms in total. The van der Waals surface area contributed by atoms with Crippen molar-refractivity contribution >= 4 is 72.4 Å². The van der Waals surface area contributed by atoms with Crippen molar-refractivity contribution in [1.82, 2.24) is 45.6 Å². The van der Waals surface area contributed by atoms with Crippen LogP contribution < -0.4 is 35.5 Å². The molecule has 2 aliphatic carbocycles. The topological polar surface area (TPSA) is 256 Å². The van der Waals surface area contributed by atoms with Gasteiger partial charge < -0.3 is 40.5 Å². The Balaban J connectivity index is 0.549. The first kappa shape index (κ1) is 66.5. The number of nitriles is 1. The van der Waals surface area contributed by atoms with Gasteiger partial charge in [0.05, 0.1) is 45.8 Å². The molecule has 4 aromatic carbocycles. The van der Waals surface area contributed by atoms with Crippen LogP contribution in [0.25, 0.3) is 4.85 Å². The lowest BCUT2D eigenvalue weighted by atomic mass is 10.0. The monoisotopic (exact) mass is 1310 g/mol. The van der Waals surface area contributed by atoms with Crippen molar-refractivity contribution in [2.24, 2.45) is 5.92 Å². The van der Waals surface area contributed by atoms with Crippen LogP contribution in [0.15, 0.2) is 82.6 Å². The summed E-state index contributed by atoms with van der Waals surface area (Å²) in [4.78, 5) is 63.4.